The fourth-order valence-electron chi connectivity index (χ4n) is 2.24. The first-order chi connectivity index (χ1) is 11.8. The monoisotopic (exact) mass is 322 g/mol. The molecule has 1 amide bonds. The summed E-state index contributed by atoms with van der Waals surface area (Å²) in [6, 6.07) is 17.0. The standard InChI is InChI=1S/C19H18N2O3/c22-19(7-4-12-23-17-5-2-1-3-6-17)21-16-10-8-15(9-11-16)18-13-20-14-24-18/h1-3,5-6,8-11,13-14H,4,7,12H2,(H,21,22). The van der Waals surface area contributed by atoms with Gasteiger partial charge in [-0.15, -0.1) is 0 Å². The Kier molecular flexibility index (Phi) is 5.24. The van der Waals surface area contributed by atoms with Crippen molar-refractivity contribution in [1.82, 2.24) is 4.98 Å². The zero-order valence-electron chi connectivity index (χ0n) is 13.1. The van der Waals surface area contributed by atoms with E-state index in [2.05, 4.69) is 10.3 Å². The molecule has 0 aliphatic carbocycles. The van der Waals surface area contributed by atoms with Gasteiger partial charge in [0, 0.05) is 17.7 Å². The van der Waals surface area contributed by atoms with Gasteiger partial charge in [0.2, 0.25) is 5.91 Å². The van der Waals surface area contributed by atoms with E-state index in [1.807, 2.05) is 54.6 Å². The number of oxazole rings is 1. The molecule has 0 radical (unpaired) electrons. The molecule has 0 aliphatic rings. The van der Waals surface area contributed by atoms with E-state index in [0.29, 0.717) is 25.2 Å². The molecule has 0 atom stereocenters. The average molecular weight is 322 g/mol. The maximum atomic E-state index is 11.9. The number of nitrogens with zero attached hydrogens (tertiary/aromatic N) is 1. The van der Waals surface area contributed by atoms with Gasteiger partial charge in [-0.05, 0) is 42.8 Å². The van der Waals surface area contributed by atoms with E-state index in [1.165, 1.54) is 6.39 Å². The normalized spacial score (nSPS) is 10.3. The number of carbonyl (C=O) groups excluding carboxylic acids is 1. The number of ether oxygens (including phenoxy) is 1. The van der Waals surface area contributed by atoms with Crippen LogP contribution in [-0.4, -0.2) is 17.5 Å². The number of aromatic nitrogens is 1. The zero-order chi connectivity index (χ0) is 16.6. The highest BCUT2D eigenvalue weighted by Gasteiger charge is 2.05. The number of anilines is 1. The van der Waals surface area contributed by atoms with Crippen LogP contribution in [0.1, 0.15) is 12.8 Å². The van der Waals surface area contributed by atoms with Crippen molar-refractivity contribution >= 4 is 11.6 Å². The molecule has 122 valence electrons. The highest BCUT2D eigenvalue weighted by atomic mass is 16.5. The molecule has 0 bridgehead atoms. The van der Waals surface area contributed by atoms with Gasteiger partial charge in [0.1, 0.15) is 5.75 Å². The van der Waals surface area contributed by atoms with Crippen molar-refractivity contribution in [2.24, 2.45) is 0 Å². The van der Waals surface area contributed by atoms with Gasteiger partial charge in [-0.1, -0.05) is 18.2 Å². The molecule has 1 heterocycles. The lowest BCUT2D eigenvalue weighted by Crippen LogP contribution is -2.12. The molecule has 0 saturated carbocycles. The van der Waals surface area contributed by atoms with Crippen molar-refractivity contribution in [3.05, 3.63) is 67.2 Å². The van der Waals surface area contributed by atoms with E-state index in [-0.39, 0.29) is 5.91 Å². The molecule has 5 nitrogen and oxygen atoms in total. The molecule has 1 aromatic heterocycles. The third-order valence-electron chi connectivity index (χ3n) is 3.45. The Labute approximate surface area is 140 Å². The van der Waals surface area contributed by atoms with Gasteiger partial charge in [-0.25, -0.2) is 4.98 Å². The fourth-order valence-corrected chi connectivity index (χ4v) is 2.24. The van der Waals surface area contributed by atoms with Crippen LogP contribution in [0.25, 0.3) is 11.3 Å². The van der Waals surface area contributed by atoms with Gasteiger partial charge in [0.25, 0.3) is 0 Å². The quantitative estimate of drug-likeness (QED) is 0.664. The predicted molar refractivity (Wildman–Crippen MR) is 91.7 cm³/mol. The first kappa shape index (κ1) is 15.8. The first-order valence-electron chi connectivity index (χ1n) is 7.78. The van der Waals surface area contributed by atoms with Crippen LogP contribution < -0.4 is 10.1 Å². The molecule has 0 saturated heterocycles. The summed E-state index contributed by atoms with van der Waals surface area (Å²) in [5.41, 5.74) is 1.68. The molecule has 0 aliphatic heterocycles. The van der Waals surface area contributed by atoms with Gasteiger partial charge in [0.15, 0.2) is 12.2 Å². The molecule has 0 unspecified atom stereocenters. The number of carbonyl (C=O) groups is 1. The summed E-state index contributed by atoms with van der Waals surface area (Å²) in [4.78, 5) is 15.8. The highest BCUT2D eigenvalue weighted by molar-refractivity contribution is 5.90. The van der Waals surface area contributed by atoms with Crippen LogP contribution in [0.5, 0.6) is 5.75 Å². The summed E-state index contributed by atoms with van der Waals surface area (Å²) < 4.78 is 10.8. The second-order valence-corrected chi connectivity index (χ2v) is 5.26. The molecule has 0 fully saturated rings. The summed E-state index contributed by atoms with van der Waals surface area (Å²) >= 11 is 0. The number of benzene rings is 2. The molecule has 3 aromatic rings. The summed E-state index contributed by atoms with van der Waals surface area (Å²) in [5.74, 6) is 1.49. The zero-order valence-corrected chi connectivity index (χ0v) is 13.1. The molecule has 3 rings (SSSR count). The molecular weight excluding hydrogens is 304 g/mol. The first-order valence-corrected chi connectivity index (χ1v) is 7.78. The smallest absolute Gasteiger partial charge is 0.224 e. The van der Waals surface area contributed by atoms with Gasteiger partial charge >= 0.3 is 0 Å². The third kappa shape index (κ3) is 4.46. The van der Waals surface area contributed by atoms with Gasteiger partial charge in [-0.2, -0.15) is 0 Å². The number of para-hydroxylation sites is 1. The Hall–Kier alpha value is -3.08. The van der Waals surface area contributed by atoms with Crippen LogP contribution in [0.4, 0.5) is 5.69 Å². The van der Waals surface area contributed by atoms with Crippen LogP contribution in [-0.2, 0) is 4.79 Å². The minimum Gasteiger partial charge on any atom is -0.494 e. The fraction of sp³-hybridized carbons (Fsp3) is 0.158. The lowest BCUT2D eigenvalue weighted by atomic mass is 10.1. The second kappa shape index (κ2) is 7.97. The number of nitrogens with one attached hydrogen (secondary N) is 1. The van der Waals surface area contributed by atoms with E-state index in [9.17, 15) is 4.79 Å². The number of hydrogen-bond donors (Lipinski definition) is 1. The number of rotatable bonds is 7. The SMILES string of the molecule is O=C(CCCOc1ccccc1)Nc1ccc(-c2cnco2)cc1. The Morgan fingerprint density at radius 1 is 1.08 bits per heavy atom. The van der Waals surface area contributed by atoms with E-state index in [4.69, 9.17) is 9.15 Å². The molecule has 2 aromatic carbocycles. The van der Waals surface area contributed by atoms with Crippen molar-refractivity contribution in [1.29, 1.82) is 0 Å². The van der Waals surface area contributed by atoms with Crippen molar-refractivity contribution in [2.75, 3.05) is 11.9 Å². The van der Waals surface area contributed by atoms with Crippen LogP contribution in [0.15, 0.2) is 71.6 Å². The summed E-state index contributed by atoms with van der Waals surface area (Å²) in [6.07, 6.45) is 4.12. The average Bonchev–Trinajstić information content (AvgIpc) is 3.15. The summed E-state index contributed by atoms with van der Waals surface area (Å²) in [5, 5.41) is 2.87. The van der Waals surface area contributed by atoms with E-state index in [1.54, 1.807) is 6.20 Å². The van der Waals surface area contributed by atoms with E-state index < -0.39 is 0 Å². The highest BCUT2D eigenvalue weighted by Crippen LogP contribution is 2.20. The Morgan fingerprint density at radius 2 is 1.88 bits per heavy atom. The number of hydrogen-bond acceptors (Lipinski definition) is 4. The third-order valence-corrected chi connectivity index (χ3v) is 3.45. The lowest BCUT2D eigenvalue weighted by molar-refractivity contribution is -0.116. The van der Waals surface area contributed by atoms with Crippen molar-refractivity contribution < 1.29 is 13.9 Å². The Morgan fingerprint density at radius 3 is 2.58 bits per heavy atom. The van der Waals surface area contributed by atoms with Crippen molar-refractivity contribution in [3.8, 4) is 17.1 Å². The van der Waals surface area contributed by atoms with E-state index in [0.717, 1.165) is 17.0 Å². The van der Waals surface area contributed by atoms with Crippen LogP contribution >= 0.6 is 0 Å². The maximum Gasteiger partial charge on any atom is 0.224 e. The van der Waals surface area contributed by atoms with Crippen LogP contribution in [0.2, 0.25) is 0 Å². The minimum absolute atomic E-state index is 0.0286. The minimum atomic E-state index is -0.0286. The largest absolute Gasteiger partial charge is 0.494 e. The topological polar surface area (TPSA) is 64.4 Å². The Balaban J connectivity index is 1.42. The Bertz CT molecular complexity index is 753. The van der Waals surface area contributed by atoms with Gasteiger partial charge in [0.05, 0.1) is 12.8 Å². The molecule has 0 spiro atoms. The van der Waals surface area contributed by atoms with E-state index >= 15 is 0 Å². The van der Waals surface area contributed by atoms with Crippen molar-refractivity contribution in [2.45, 2.75) is 12.8 Å². The molecule has 24 heavy (non-hydrogen) atoms. The maximum absolute atomic E-state index is 11.9. The summed E-state index contributed by atoms with van der Waals surface area (Å²) in [6.45, 7) is 0.516. The van der Waals surface area contributed by atoms with Crippen LogP contribution in [0, 0.1) is 0 Å². The second-order valence-electron chi connectivity index (χ2n) is 5.26. The predicted octanol–water partition coefficient (Wildman–Crippen LogP) is 4.14. The molecule has 5 heteroatoms. The van der Waals surface area contributed by atoms with Crippen LogP contribution in [0.3, 0.4) is 0 Å². The molecule has 1 N–H and O–H groups in total. The molecular formula is C19H18N2O3. The number of amides is 1. The van der Waals surface area contributed by atoms with Gasteiger partial charge < -0.3 is 14.5 Å². The summed E-state index contributed by atoms with van der Waals surface area (Å²) in [7, 11) is 0. The van der Waals surface area contributed by atoms with Crippen molar-refractivity contribution in [3.63, 3.8) is 0 Å². The lowest BCUT2D eigenvalue weighted by Gasteiger charge is -2.07. The van der Waals surface area contributed by atoms with Gasteiger partial charge in [-0.3, -0.25) is 4.79 Å².